The molecule has 0 saturated heterocycles. The van der Waals surface area contributed by atoms with Gasteiger partial charge in [-0.1, -0.05) is 11.6 Å². The molecule has 2 aromatic carbocycles. The average molecular weight is 375 g/mol. The lowest BCUT2D eigenvalue weighted by Gasteiger charge is -2.14. The highest BCUT2D eigenvalue weighted by Gasteiger charge is 2.08. The second-order valence-electron chi connectivity index (χ2n) is 5.38. The fraction of sp³-hybridized carbons (Fsp3) is 0.111. The molecular weight excluding hydrogens is 360 g/mol. The van der Waals surface area contributed by atoms with E-state index in [0.717, 1.165) is 10.9 Å². The van der Waals surface area contributed by atoms with Crippen molar-refractivity contribution >= 4 is 51.3 Å². The number of anilines is 2. The number of ether oxygens (including phenoxy) is 1. The summed E-state index contributed by atoms with van der Waals surface area (Å²) in [6, 6.07) is 12.1. The molecule has 3 rings (SSSR count). The fourth-order valence-electron chi connectivity index (χ4n) is 2.47. The molecule has 3 aromatic rings. The lowest BCUT2D eigenvalue weighted by atomic mass is 10.1. The third kappa shape index (κ3) is 3.92. The summed E-state index contributed by atoms with van der Waals surface area (Å²) in [5.41, 5.74) is 2.32. The Kier molecular flexibility index (Phi) is 4.92. The number of methoxy groups -OCH3 is 1. The van der Waals surface area contributed by atoms with E-state index in [1.54, 1.807) is 31.4 Å². The monoisotopic (exact) mass is 374 g/mol. The molecule has 0 bridgehead atoms. The van der Waals surface area contributed by atoms with Gasteiger partial charge in [0, 0.05) is 28.2 Å². The number of thiocarbonyl (C=S) groups is 1. The standard InChI is InChI=1S/C18H15ClN2O3S/c1-10-7-17(22)24-16-9-12(4-5-13(10)16)20-18(25)21-14-8-11(19)3-6-15(14)23-2/h3-9H,1-2H3,(H2,20,21,25). The van der Waals surface area contributed by atoms with E-state index in [1.807, 2.05) is 19.1 Å². The van der Waals surface area contributed by atoms with Crippen LogP contribution in [-0.2, 0) is 0 Å². The molecule has 0 amide bonds. The molecule has 0 saturated carbocycles. The molecular formula is C18H15ClN2O3S. The van der Waals surface area contributed by atoms with Gasteiger partial charge in [0.05, 0.1) is 12.8 Å². The van der Waals surface area contributed by atoms with Crippen LogP contribution in [0.1, 0.15) is 5.56 Å². The lowest BCUT2D eigenvalue weighted by molar-refractivity contribution is 0.417. The van der Waals surface area contributed by atoms with Gasteiger partial charge in [-0.2, -0.15) is 0 Å². The van der Waals surface area contributed by atoms with Gasteiger partial charge < -0.3 is 19.8 Å². The summed E-state index contributed by atoms with van der Waals surface area (Å²) in [5, 5.41) is 7.89. The van der Waals surface area contributed by atoms with E-state index in [1.165, 1.54) is 6.07 Å². The number of rotatable bonds is 3. The molecule has 7 heteroatoms. The average Bonchev–Trinajstić information content (AvgIpc) is 2.54. The molecule has 0 radical (unpaired) electrons. The van der Waals surface area contributed by atoms with Gasteiger partial charge in [-0.05, 0) is 55.0 Å². The summed E-state index contributed by atoms with van der Waals surface area (Å²) in [6.07, 6.45) is 0. The molecule has 0 aliphatic rings. The topological polar surface area (TPSA) is 63.5 Å². The number of fused-ring (bicyclic) bond motifs is 1. The molecule has 0 atom stereocenters. The molecule has 5 nitrogen and oxygen atoms in total. The fourth-order valence-corrected chi connectivity index (χ4v) is 2.87. The van der Waals surface area contributed by atoms with Gasteiger partial charge in [-0.25, -0.2) is 4.79 Å². The Hall–Kier alpha value is -2.57. The largest absolute Gasteiger partial charge is 0.495 e. The van der Waals surface area contributed by atoms with Crippen LogP contribution in [0.25, 0.3) is 11.0 Å². The Morgan fingerprint density at radius 3 is 2.72 bits per heavy atom. The molecule has 128 valence electrons. The summed E-state index contributed by atoms with van der Waals surface area (Å²) in [7, 11) is 1.57. The molecule has 1 aromatic heterocycles. The maximum atomic E-state index is 11.5. The third-order valence-electron chi connectivity index (χ3n) is 3.62. The minimum atomic E-state index is -0.383. The normalized spacial score (nSPS) is 10.5. The van der Waals surface area contributed by atoms with Gasteiger partial charge in [-0.3, -0.25) is 0 Å². The van der Waals surface area contributed by atoms with E-state index in [4.69, 9.17) is 33.0 Å². The summed E-state index contributed by atoms with van der Waals surface area (Å²) in [5.74, 6) is 0.619. The van der Waals surface area contributed by atoms with Crippen LogP contribution in [0.4, 0.5) is 11.4 Å². The minimum absolute atomic E-state index is 0.356. The second kappa shape index (κ2) is 7.13. The first-order chi connectivity index (χ1) is 12.0. The first kappa shape index (κ1) is 17.3. The SMILES string of the molecule is COc1ccc(Cl)cc1NC(=S)Nc1ccc2c(C)cc(=O)oc2c1. The summed E-state index contributed by atoms with van der Waals surface area (Å²) < 4.78 is 10.5. The van der Waals surface area contributed by atoms with Gasteiger partial charge in [0.25, 0.3) is 0 Å². The van der Waals surface area contributed by atoms with Crippen molar-refractivity contribution in [1.29, 1.82) is 0 Å². The maximum Gasteiger partial charge on any atom is 0.336 e. The van der Waals surface area contributed by atoms with E-state index in [-0.39, 0.29) is 5.63 Å². The Bertz CT molecular complexity index is 1020. The minimum Gasteiger partial charge on any atom is -0.495 e. The van der Waals surface area contributed by atoms with Crippen molar-refractivity contribution in [2.24, 2.45) is 0 Å². The lowest BCUT2D eigenvalue weighted by Crippen LogP contribution is -2.19. The molecule has 0 spiro atoms. The maximum absolute atomic E-state index is 11.5. The number of halogens is 1. The van der Waals surface area contributed by atoms with E-state index in [2.05, 4.69) is 10.6 Å². The number of aryl methyl sites for hydroxylation is 1. The van der Waals surface area contributed by atoms with Gasteiger partial charge in [0.1, 0.15) is 11.3 Å². The van der Waals surface area contributed by atoms with Crippen LogP contribution >= 0.6 is 23.8 Å². The quantitative estimate of drug-likeness (QED) is 0.517. The van der Waals surface area contributed by atoms with Crippen LogP contribution < -0.4 is 21.0 Å². The molecule has 25 heavy (non-hydrogen) atoms. The van der Waals surface area contributed by atoms with Gasteiger partial charge >= 0.3 is 5.63 Å². The van der Waals surface area contributed by atoms with Crippen molar-refractivity contribution in [2.75, 3.05) is 17.7 Å². The predicted molar refractivity (Wildman–Crippen MR) is 105 cm³/mol. The van der Waals surface area contributed by atoms with Gasteiger partial charge in [-0.15, -0.1) is 0 Å². The predicted octanol–water partition coefficient (Wildman–Crippen LogP) is 4.57. The van der Waals surface area contributed by atoms with Crippen molar-refractivity contribution in [2.45, 2.75) is 6.92 Å². The van der Waals surface area contributed by atoms with Crippen molar-refractivity contribution < 1.29 is 9.15 Å². The molecule has 0 fully saturated rings. The smallest absolute Gasteiger partial charge is 0.336 e. The van der Waals surface area contributed by atoms with Crippen molar-refractivity contribution in [3.8, 4) is 5.75 Å². The number of hydrogen-bond donors (Lipinski definition) is 2. The Morgan fingerprint density at radius 1 is 1.16 bits per heavy atom. The van der Waals surface area contributed by atoms with Crippen LogP contribution in [-0.4, -0.2) is 12.2 Å². The molecule has 0 aliphatic heterocycles. The summed E-state index contributed by atoms with van der Waals surface area (Å²) in [6.45, 7) is 1.87. The van der Waals surface area contributed by atoms with Crippen LogP contribution in [0, 0.1) is 6.92 Å². The zero-order valence-corrected chi connectivity index (χ0v) is 15.1. The van der Waals surface area contributed by atoms with E-state index in [0.29, 0.717) is 32.8 Å². The number of benzene rings is 2. The Morgan fingerprint density at radius 2 is 1.96 bits per heavy atom. The third-order valence-corrected chi connectivity index (χ3v) is 4.06. The molecule has 1 heterocycles. The zero-order chi connectivity index (χ0) is 18.0. The van der Waals surface area contributed by atoms with Gasteiger partial charge in [0.2, 0.25) is 0 Å². The zero-order valence-electron chi connectivity index (χ0n) is 13.6. The Labute approximate surface area is 154 Å². The number of nitrogens with one attached hydrogen (secondary N) is 2. The van der Waals surface area contributed by atoms with Crippen molar-refractivity contribution in [1.82, 2.24) is 0 Å². The highest BCUT2D eigenvalue weighted by atomic mass is 35.5. The van der Waals surface area contributed by atoms with Crippen LogP contribution in [0.5, 0.6) is 5.75 Å². The molecule has 2 N–H and O–H groups in total. The second-order valence-corrected chi connectivity index (χ2v) is 6.23. The first-order valence-corrected chi connectivity index (χ1v) is 8.21. The summed E-state index contributed by atoms with van der Waals surface area (Å²) in [4.78, 5) is 11.5. The van der Waals surface area contributed by atoms with Gasteiger partial charge in [0.15, 0.2) is 5.11 Å². The van der Waals surface area contributed by atoms with E-state index >= 15 is 0 Å². The van der Waals surface area contributed by atoms with Crippen LogP contribution in [0.3, 0.4) is 0 Å². The van der Waals surface area contributed by atoms with Crippen LogP contribution in [0.15, 0.2) is 51.7 Å². The first-order valence-electron chi connectivity index (χ1n) is 7.42. The highest BCUT2D eigenvalue weighted by Crippen LogP contribution is 2.28. The van der Waals surface area contributed by atoms with Crippen LogP contribution in [0.2, 0.25) is 5.02 Å². The van der Waals surface area contributed by atoms with E-state index in [9.17, 15) is 4.79 Å². The molecule has 0 unspecified atom stereocenters. The van der Waals surface area contributed by atoms with Crippen molar-refractivity contribution in [3.05, 3.63) is 63.5 Å². The number of hydrogen-bond acceptors (Lipinski definition) is 4. The summed E-state index contributed by atoms with van der Waals surface area (Å²) >= 11 is 11.3. The van der Waals surface area contributed by atoms with E-state index < -0.39 is 0 Å². The molecule has 0 aliphatic carbocycles. The Balaban J connectivity index is 1.83. The van der Waals surface area contributed by atoms with Crippen molar-refractivity contribution in [3.63, 3.8) is 0 Å². The highest BCUT2D eigenvalue weighted by molar-refractivity contribution is 7.80.